The molecule has 0 aromatic heterocycles. The Morgan fingerprint density at radius 2 is 2.04 bits per heavy atom. The van der Waals surface area contributed by atoms with Crippen molar-refractivity contribution in [1.82, 2.24) is 10.6 Å². The SMILES string of the molecule is COCC1(CNC(=O)Cc2ccc(C)c(OC)c2)CCNCC1. The molecule has 128 valence electrons. The third kappa shape index (κ3) is 4.94. The van der Waals surface area contributed by atoms with Gasteiger partial charge in [0, 0.05) is 19.1 Å². The van der Waals surface area contributed by atoms with Crippen LogP contribution in [-0.4, -0.2) is 46.4 Å². The minimum Gasteiger partial charge on any atom is -0.496 e. The highest BCUT2D eigenvalue weighted by Gasteiger charge is 2.32. The minimum atomic E-state index is 0.0462. The van der Waals surface area contributed by atoms with Gasteiger partial charge >= 0.3 is 0 Å². The molecule has 0 bridgehead atoms. The first-order chi connectivity index (χ1) is 11.1. The zero-order valence-corrected chi connectivity index (χ0v) is 14.4. The maximum Gasteiger partial charge on any atom is 0.224 e. The van der Waals surface area contributed by atoms with E-state index < -0.39 is 0 Å². The Hall–Kier alpha value is -1.59. The third-order valence-electron chi connectivity index (χ3n) is 4.61. The number of methoxy groups -OCH3 is 2. The number of ether oxygens (including phenoxy) is 2. The van der Waals surface area contributed by atoms with Crippen molar-refractivity contribution in [3.8, 4) is 5.75 Å². The summed E-state index contributed by atoms with van der Waals surface area (Å²) in [6, 6.07) is 5.90. The molecule has 0 aliphatic carbocycles. The van der Waals surface area contributed by atoms with Crippen molar-refractivity contribution in [1.29, 1.82) is 0 Å². The van der Waals surface area contributed by atoms with Crippen molar-refractivity contribution in [2.24, 2.45) is 5.41 Å². The number of benzene rings is 1. The highest BCUT2D eigenvalue weighted by Crippen LogP contribution is 2.28. The molecule has 1 amide bonds. The lowest BCUT2D eigenvalue weighted by molar-refractivity contribution is -0.121. The summed E-state index contributed by atoms with van der Waals surface area (Å²) in [5, 5.41) is 6.45. The smallest absolute Gasteiger partial charge is 0.224 e. The van der Waals surface area contributed by atoms with Crippen LogP contribution in [0.5, 0.6) is 5.75 Å². The number of carbonyl (C=O) groups is 1. The van der Waals surface area contributed by atoms with Gasteiger partial charge in [-0.1, -0.05) is 12.1 Å². The first-order valence-corrected chi connectivity index (χ1v) is 8.18. The number of amides is 1. The molecule has 1 saturated heterocycles. The monoisotopic (exact) mass is 320 g/mol. The van der Waals surface area contributed by atoms with Crippen LogP contribution in [-0.2, 0) is 16.0 Å². The van der Waals surface area contributed by atoms with Crippen molar-refractivity contribution in [3.63, 3.8) is 0 Å². The standard InChI is InChI=1S/C18H28N2O3/c1-14-4-5-15(10-16(14)23-3)11-17(21)20-12-18(13-22-2)6-8-19-9-7-18/h4-5,10,19H,6-9,11-13H2,1-3H3,(H,20,21). The van der Waals surface area contributed by atoms with Gasteiger partial charge in [-0.2, -0.15) is 0 Å². The van der Waals surface area contributed by atoms with Crippen LogP contribution in [0.15, 0.2) is 18.2 Å². The molecule has 0 atom stereocenters. The van der Waals surface area contributed by atoms with Crippen LogP contribution in [0.2, 0.25) is 0 Å². The number of piperidine rings is 1. The Bertz CT molecular complexity index is 519. The summed E-state index contributed by atoms with van der Waals surface area (Å²) in [5.74, 6) is 0.870. The van der Waals surface area contributed by atoms with Crippen molar-refractivity contribution < 1.29 is 14.3 Å². The molecule has 5 heteroatoms. The Kier molecular flexibility index (Phi) is 6.42. The van der Waals surface area contributed by atoms with Gasteiger partial charge in [-0.25, -0.2) is 0 Å². The van der Waals surface area contributed by atoms with Gasteiger partial charge < -0.3 is 20.1 Å². The average molecular weight is 320 g/mol. The zero-order chi connectivity index (χ0) is 16.7. The Balaban J connectivity index is 1.91. The highest BCUT2D eigenvalue weighted by molar-refractivity contribution is 5.78. The molecule has 1 aromatic carbocycles. The molecule has 1 fully saturated rings. The minimum absolute atomic E-state index is 0.0462. The van der Waals surface area contributed by atoms with E-state index in [0.29, 0.717) is 19.6 Å². The normalized spacial score (nSPS) is 16.8. The summed E-state index contributed by atoms with van der Waals surface area (Å²) in [4.78, 5) is 12.3. The number of carbonyl (C=O) groups excluding carboxylic acids is 1. The first kappa shape index (κ1) is 17.8. The number of hydrogen-bond donors (Lipinski definition) is 2. The fourth-order valence-corrected chi connectivity index (χ4v) is 3.14. The molecule has 2 N–H and O–H groups in total. The van der Waals surface area contributed by atoms with Gasteiger partial charge in [-0.3, -0.25) is 4.79 Å². The predicted molar refractivity (Wildman–Crippen MR) is 90.9 cm³/mol. The molecule has 1 heterocycles. The molecule has 1 aliphatic heterocycles. The van der Waals surface area contributed by atoms with E-state index in [1.54, 1.807) is 14.2 Å². The summed E-state index contributed by atoms with van der Waals surface area (Å²) in [6.45, 7) is 5.31. The van der Waals surface area contributed by atoms with Gasteiger partial charge in [0.05, 0.1) is 20.1 Å². The predicted octanol–water partition coefficient (Wildman–Crippen LogP) is 1.68. The lowest BCUT2D eigenvalue weighted by Gasteiger charge is -2.37. The third-order valence-corrected chi connectivity index (χ3v) is 4.61. The molecule has 0 saturated carbocycles. The summed E-state index contributed by atoms with van der Waals surface area (Å²) < 4.78 is 10.7. The average Bonchev–Trinajstić information content (AvgIpc) is 2.56. The van der Waals surface area contributed by atoms with E-state index in [2.05, 4.69) is 10.6 Å². The molecule has 0 unspecified atom stereocenters. The maximum absolute atomic E-state index is 12.3. The molecule has 0 radical (unpaired) electrons. The number of hydrogen-bond acceptors (Lipinski definition) is 4. The van der Waals surface area contributed by atoms with Crippen LogP contribution in [0.4, 0.5) is 0 Å². The second-order valence-corrected chi connectivity index (χ2v) is 6.44. The van der Waals surface area contributed by atoms with Crippen LogP contribution >= 0.6 is 0 Å². The van der Waals surface area contributed by atoms with Crippen LogP contribution in [0.25, 0.3) is 0 Å². The van der Waals surface area contributed by atoms with E-state index in [0.717, 1.165) is 42.8 Å². The second-order valence-electron chi connectivity index (χ2n) is 6.44. The van der Waals surface area contributed by atoms with Gasteiger partial charge in [0.1, 0.15) is 5.75 Å². The Morgan fingerprint density at radius 3 is 2.70 bits per heavy atom. The van der Waals surface area contributed by atoms with E-state index in [1.165, 1.54) is 0 Å². The molecule has 0 spiro atoms. The molecule has 23 heavy (non-hydrogen) atoms. The van der Waals surface area contributed by atoms with E-state index >= 15 is 0 Å². The maximum atomic E-state index is 12.3. The molecular weight excluding hydrogens is 292 g/mol. The van der Waals surface area contributed by atoms with Crippen LogP contribution in [0.1, 0.15) is 24.0 Å². The van der Waals surface area contributed by atoms with E-state index in [1.807, 2.05) is 25.1 Å². The van der Waals surface area contributed by atoms with Crippen LogP contribution < -0.4 is 15.4 Å². The number of aryl methyl sites for hydroxylation is 1. The van der Waals surface area contributed by atoms with Gasteiger partial charge in [-0.15, -0.1) is 0 Å². The Labute approximate surface area is 138 Å². The fourth-order valence-electron chi connectivity index (χ4n) is 3.14. The Morgan fingerprint density at radius 1 is 1.30 bits per heavy atom. The molecular formula is C18H28N2O3. The number of rotatable bonds is 7. The van der Waals surface area contributed by atoms with E-state index in [4.69, 9.17) is 9.47 Å². The summed E-state index contributed by atoms with van der Waals surface area (Å²) in [7, 11) is 3.38. The van der Waals surface area contributed by atoms with Gasteiger partial charge in [0.25, 0.3) is 0 Å². The lowest BCUT2D eigenvalue weighted by atomic mass is 9.79. The topological polar surface area (TPSA) is 59.6 Å². The van der Waals surface area contributed by atoms with Crippen molar-refractivity contribution in [2.75, 3.05) is 40.5 Å². The first-order valence-electron chi connectivity index (χ1n) is 8.18. The molecule has 5 nitrogen and oxygen atoms in total. The molecule has 1 aromatic rings. The van der Waals surface area contributed by atoms with Crippen LogP contribution in [0.3, 0.4) is 0 Å². The van der Waals surface area contributed by atoms with Gasteiger partial charge in [0.15, 0.2) is 0 Å². The van der Waals surface area contributed by atoms with E-state index in [9.17, 15) is 4.79 Å². The largest absolute Gasteiger partial charge is 0.496 e. The second kappa shape index (κ2) is 8.31. The van der Waals surface area contributed by atoms with Gasteiger partial charge in [-0.05, 0) is 50.0 Å². The summed E-state index contributed by atoms with van der Waals surface area (Å²) >= 11 is 0. The van der Waals surface area contributed by atoms with E-state index in [-0.39, 0.29) is 11.3 Å². The zero-order valence-electron chi connectivity index (χ0n) is 14.4. The lowest BCUT2D eigenvalue weighted by Crippen LogP contribution is -2.47. The highest BCUT2D eigenvalue weighted by atomic mass is 16.5. The number of nitrogens with one attached hydrogen (secondary N) is 2. The molecule has 1 aliphatic rings. The fraction of sp³-hybridized carbons (Fsp3) is 0.611. The quantitative estimate of drug-likeness (QED) is 0.802. The van der Waals surface area contributed by atoms with Crippen molar-refractivity contribution in [3.05, 3.63) is 29.3 Å². The molecule has 2 rings (SSSR count). The van der Waals surface area contributed by atoms with Crippen molar-refractivity contribution in [2.45, 2.75) is 26.2 Å². The van der Waals surface area contributed by atoms with Crippen molar-refractivity contribution >= 4 is 5.91 Å². The van der Waals surface area contributed by atoms with Gasteiger partial charge in [0.2, 0.25) is 5.91 Å². The van der Waals surface area contributed by atoms with Crippen LogP contribution in [0, 0.1) is 12.3 Å². The summed E-state index contributed by atoms with van der Waals surface area (Å²) in [6.07, 6.45) is 2.43. The summed E-state index contributed by atoms with van der Waals surface area (Å²) in [5.41, 5.74) is 2.10.